The average molecular weight is 346 g/mol. The van der Waals surface area contributed by atoms with E-state index >= 15 is 0 Å². The van der Waals surface area contributed by atoms with Crippen molar-refractivity contribution < 1.29 is 22.3 Å². The van der Waals surface area contributed by atoms with Gasteiger partial charge in [-0.1, -0.05) is 36.4 Å². The van der Waals surface area contributed by atoms with E-state index in [0.717, 1.165) is 31.1 Å². The van der Waals surface area contributed by atoms with Crippen molar-refractivity contribution in [2.75, 3.05) is 13.8 Å². The van der Waals surface area contributed by atoms with Crippen molar-refractivity contribution in [1.82, 2.24) is 9.80 Å². The zero-order chi connectivity index (χ0) is 16.1. The molecule has 0 aromatic heterocycles. The third-order valence-electron chi connectivity index (χ3n) is 3.99. The highest BCUT2D eigenvalue weighted by Crippen LogP contribution is 2.17. The minimum atomic E-state index is 0. The van der Waals surface area contributed by atoms with Crippen molar-refractivity contribution in [2.24, 2.45) is 0 Å². The van der Waals surface area contributed by atoms with Crippen molar-refractivity contribution in [3.63, 3.8) is 0 Å². The number of hydrogen-bond donors (Lipinski definition) is 1. The highest BCUT2D eigenvalue weighted by Gasteiger charge is 2.12. The highest BCUT2D eigenvalue weighted by molar-refractivity contribution is 5.27. The van der Waals surface area contributed by atoms with E-state index in [2.05, 4.69) is 46.5 Å². The molecule has 1 aliphatic heterocycles. The van der Waals surface area contributed by atoms with Crippen LogP contribution in [0.15, 0.2) is 60.9 Å². The molecule has 0 spiro atoms. The maximum atomic E-state index is 9.08. The number of ether oxygens (including phenoxy) is 1. The van der Waals surface area contributed by atoms with Gasteiger partial charge in [0.25, 0.3) is 0 Å². The lowest BCUT2D eigenvalue weighted by atomic mass is 10.1. The number of aliphatic hydroxyl groups excluding tert-OH is 1. The van der Waals surface area contributed by atoms with Crippen LogP contribution in [0.5, 0.6) is 5.75 Å². The average Bonchev–Trinajstić information content (AvgIpc) is 3.03. The van der Waals surface area contributed by atoms with Crippen LogP contribution in [0, 0.1) is 0 Å². The van der Waals surface area contributed by atoms with Gasteiger partial charge in [0.05, 0.1) is 20.4 Å². The summed E-state index contributed by atoms with van der Waals surface area (Å²) in [6, 6.07) is 16.3. The molecule has 0 amide bonds. The molecule has 1 aliphatic rings. The van der Waals surface area contributed by atoms with Crippen molar-refractivity contribution >= 4 is 0 Å². The van der Waals surface area contributed by atoms with Gasteiger partial charge >= 0.3 is 0 Å². The van der Waals surface area contributed by atoms with Crippen LogP contribution in [0.25, 0.3) is 0 Å². The summed E-state index contributed by atoms with van der Waals surface area (Å²) in [5.74, 6) is 0.888. The normalized spacial score (nSPS) is 13.1. The maximum Gasteiger partial charge on any atom is 0.118 e. The van der Waals surface area contributed by atoms with Gasteiger partial charge in [0, 0.05) is 25.5 Å². The number of benzene rings is 2. The number of rotatable bonds is 6. The number of hydrogen-bond acceptors (Lipinski definition) is 4. The molecule has 1 N–H and O–H groups in total. The third kappa shape index (κ3) is 4.66. The molecule has 4 nitrogen and oxygen atoms in total. The standard InChI is InChI=1S/C19H22N2O2.ClH/c1-23-19-8-6-17(7-9-19)13-21-11-10-20(15-21)12-16-2-4-18(14-22)5-3-16;/h2-11,22H,12-15H2,1H3;1H/p-1. The molecule has 2 aromatic rings. The Morgan fingerprint density at radius 3 is 1.75 bits per heavy atom. The number of halogens is 1. The van der Waals surface area contributed by atoms with Gasteiger partial charge in [0.1, 0.15) is 5.75 Å². The predicted octanol–water partition coefficient (Wildman–Crippen LogP) is -0.0620. The Hall–Kier alpha value is -2.17. The third-order valence-corrected chi connectivity index (χ3v) is 3.99. The molecule has 0 bridgehead atoms. The molecule has 24 heavy (non-hydrogen) atoms. The zero-order valence-corrected chi connectivity index (χ0v) is 14.5. The van der Waals surface area contributed by atoms with Gasteiger partial charge < -0.3 is 32.1 Å². The van der Waals surface area contributed by atoms with Gasteiger partial charge in [-0.3, -0.25) is 0 Å². The van der Waals surface area contributed by atoms with Gasteiger partial charge in [-0.25, -0.2) is 0 Å². The van der Waals surface area contributed by atoms with Gasteiger partial charge in [0.2, 0.25) is 0 Å². The van der Waals surface area contributed by atoms with E-state index in [0.29, 0.717) is 0 Å². The number of nitrogens with zero attached hydrogens (tertiary/aromatic N) is 2. The number of methoxy groups -OCH3 is 1. The van der Waals surface area contributed by atoms with Crippen molar-refractivity contribution in [3.8, 4) is 5.75 Å². The first kappa shape index (κ1) is 18.2. The molecule has 0 atom stereocenters. The Morgan fingerprint density at radius 1 is 0.833 bits per heavy atom. The van der Waals surface area contributed by atoms with Crippen LogP contribution in [0.2, 0.25) is 0 Å². The molecule has 1 heterocycles. The van der Waals surface area contributed by atoms with E-state index in [1.807, 2.05) is 24.3 Å². The van der Waals surface area contributed by atoms with Crippen LogP contribution in [0.1, 0.15) is 16.7 Å². The summed E-state index contributed by atoms with van der Waals surface area (Å²) in [6.07, 6.45) is 4.26. The molecule has 0 fully saturated rings. The van der Waals surface area contributed by atoms with Crippen molar-refractivity contribution in [1.29, 1.82) is 0 Å². The lowest BCUT2D eigenvalue weighted by Gasteiger charge is -2.21. The van der Waals surface area contributed by atoms with Crippen LogP contribution in [-0.4, -0.2) is 28.7 Å². The topological polar surface area (TPSA) is 35.9 Å². The largest absolute Gasteiger partial charge is 1.00 e. The summed E-state index contributed by atoms with van der Waals surface area (Å²) >= 11 is 0. The first-order chi connectivity index (χ1) is 11.3. The minimum Gasteiger partial charge on any atom is -1.00 e. The SMILES string of the molecule is COc1ccc(CN2C=CN(Cc3ccc(CO)cc3)C2)cc1.[Cl-]. The summed E-state index contributed by atoms with van der Waals surface area (Å²) in [7, 11) is 1.68. The fourth-order valence-electron chi connectivity index (χ4n) is 2.67. The number of aliphatic hydroxyl groups is 1. The zero-order valence-electron chi connectivity index (χ0n) is 13.7. The Morgan fingerprint density at radius 2 is 1.29 bits per heavy atom. The fourth-order valence-corrected chi connectivity index (χ4v) is 2.67. The summed E-state index contributed by atoms with van der Waals surface area (Å²) in [4.78, 5) is 4.56. The maximum absolute atomic E-state index is 9.08. The van der Waals surface area contributed by atoms with E-state index in [1.54, 1.807) is 7.11 Å². The van der Waals surface area contributed by atoms with Crippen LogP contribution < -0.4 is 17.1 Å². The van der Waals surface area contributed by atoms with Crippen LogP contribution in [0.4, 0.5) is 0 Å². The molecule has 3 rings (SSSR count). The monoisotopic (exact) mass is 345 g/mol. The van der Waals surface area contributed by atoms with E-state index in [9.17, 15) is 0 Å². The van der Waals surface area contributed by atoms with Crippen molar-refractivity contribution in [3.05, 3.63) is 77.6 Å². The Bertz CT molecular complexity index is 599. The summed E-state index contributed by atoms with van der Waals surface area (Å²) in [5, 5.41) is 9.08. The van der Waals surface area contributed by atoms with Crippen LogP contribution in [0.3, 0.4) is 0 Å². The van der Waals surface area contributed by atoms with Crippen LogP contribution in [-0.2, 0) is 19.7 Å². The van der Waals surface area contributed by atoms with E-state index in [-0.39, 0.29) is 19.0 Å². The molecule has 0 aliphatic carbocycles. The van der Waals surface area contributed by atoms with Gasteiger partial charge in [-0.15, -0.1) is 0 Å². The van der Waals surface area contributed by atoms with E-state index < -0.39 is 0 Å². The summed E-state index contributed by atoms with van der Waals surface area (Å²) in [6.45, 7) is 2.75. The first-order valence-corrected chi connectivity index (χ1v) is 7.75. The summed E-state index contributed by atoms with van der Waals surface area (Å²) < 4.78 is 5.19. The molecule has 0 saturated heterocycles. The molecule has 128 valence electrons. The molecule has 0 radical (unpaired) electrons. The van der Waals surface area contributed by atoms with E-state index in [1.165, 1.54) is 11.1 Å². The Balaban J connectivity index is 0.00000208. The minimum absolute atomic E-state index is 0. The van der Waals surface area contributed by atoms with E-state index in [4.69, 9.17) is 9.84 Å². The second-order valence-electron chi connectivity index (χ2n) is 5.76. The summed E-state index contributed by atoms with van der Waals surface area (Å²) in [5.41, 5.74) is 3.47. The molecular weight excluding hydrogens is 324 g/mol. The molecule has 0 unspecified atom stereocenters. The lowest BCUT2D eigenvalue weighted by Crippen LogP contribution is -3.00. The Kier molecular flexibility index (Phi) is 6.53. The van der Waals surface area contributed by atoms with Crippen LogP contribution >= 0.6 is 0 Å². The lowest BCUT2D eigenvalue weighted by molar-refractivity contribution is -0.00000594. The molecular formula is C19H22ClN2O2-. The second-order valence-corrected chi connectivity index (χ2v) is 5.76. The quantitative estimate of drug-likeness (QED) is 0.795. The molecule has 5 heteroatoms. The highest BCUT2D eigenvalue weighted by atomic mass is 35.5. The van der Waals surface area contributed by atoms with Gasteiger partial charge in [0.15, 0.2) is 0 Å². The Labute approximate surface area is 149 Å². The van der Waals surface area contributed by atoms with Gasteiger partial charge in [-0.05, 0) is 28.8 Å². The first-order valence-electron chi connectivity index (χ1n) is 7.75. The van der Waals surface area contributed by atoms with Gasteiger partial charge in [-0.2, -0.15) is 0 Å². The predicted molar refractivity (Wildman–Crippen MR) is 90.5 cm³/mol. The smallest absolute Gasteiger partial charge is 0.118 e. The fraction of sp³-hybridized carbons (Fsp3) is 0.263. The second kappa shape index (κ2) is 8.62. The molecule has 2 aromatic carbocycles. The molecule has 0 saturated carbocycles. The van der Waals surface area contributed by atoms with Crippen molar-refractivity contribution in [2.45, 2.75) is 19.7 Å².